The molecule has 11 heteroatoms. The highest BCUT2D eigenvalue weighted by molar-refractivity contribution is 6.28. The number of benzene rings is 6. The minimum absolute atomic E-state index is 0.0262. The summed E-state index contributed by atoms with van der Waals surface area (Å²) in [5.74, 6) is 7.04. The van der Waals surface area contributed by atoms with Gasteiger partial charge in [0, 0.05) is 19.0 Å². The number of hydrogen-bond donors (Lipinski definition) is 1. The third-order valence-corrected chi connectivity index (χ3v) is 17.4. The van der Waals surface area contributed by atoms with Crippen LogP contribution in [0.2, 0.25) is 5.28 Å². The first-order chi connectivity index (χ1) is 37.6. The van der Waals surface area contributed by atoms with Crippen LogP contribution in [0.5, 0.6) is 11.5 Å². The Morgan fingerprint density at radius 3 is 1.66 bits per heavy atom. The summed E-state index contributed by atoms with van der Waals surface area (Å²) in [5, 5.41) is 4.65. The number of carbonyl (C=O) groups excluding carboxylic acids is 1. The summed E-state index contributed by atoms with van der Waals surface area (Å²) in [6.45, 7) is -0.229. The molecule has 390 valence electrons. The molecule has 5 aliphatic rings. The Morgan fingerprint density at radius 1 is 0.675 bits per heavy atom. The summed E-state index contributed by atoms with van der Waals surface area (Å²) >= 11 is 7.05. The molecule has 4 aliphatic carbocycles. The van der Waals surface area contributed by atoms with Gasteiger partial charge in [-0.25, -0.2) is 4.98 Å². The molecule has 1 aliphatic heterocycles. The van der Waals surface area contributed by atoms with E-state index < -0.39 is 29.1 Å². The smallest absolute Gasteiger partial charge is 0.305 e. The maximum Gasteiger partial charge on any atom is 0.305 e. The van der Waals surface area contributed by atoms with Crippen molar-refractivity contribution < 1.29 is 28.5 Å². The van der Waals surface area contributed by atoms with Gasteiger partial charge in [0.1, 0.15) is 53.0 Å². The second-order valence-corrected chi connectivity index (χ2v) is 22.1. The Balaban J connectivity index is 0.948. The lowest BCUT2D eigenvalue weighted by molar-refractivity contribution is -0.166. The number of anilines is 1. The van der Waals surface area contributed by atoms with Gasteiger partial charge in [0.25, 0.3) is 0 Å². The molecular weight excluding hydrogens is 980 g/mol. The predicted molar refractivity (Wildman–Crippen MR) is 300 cm³/mol. The molecule has 0 amide bonds. The monoisotopic (exact) mass is 1040 g/mol. The van der Waals surface area contributed by atoms with Crippen molar-refractivity contribution in [2.24, 2.45) is 23.2 Å². The number of ether oxygens (including phenoxy) is 5. The van der Waals surface area contributed by atoms with Crippen molar-refractivity contribution in [1.29, 1.82) is 0 Å². The topological polar surface area (TPSA) is 106 Å². The maximum absolute atomic E-state index is 14.2. The molecule has 4 saturated carbocycles. The number of hydrogen-bond acceptors (Lipinski definition) is 9. The van der Waals surface area contributed by atoms with Crippen LogP contribution >= 0.6 is 11.6 Å². The Kier molecular flexibility index (Phi) is 13.6. The van der Waals surface area contributed by atoms with Gasteiger partial charge in [0.15, 0.2) is 5.60 Å². The van der Waals surface area contributed by atoms with Crippen molar-refractivity contribution in [3.8, 4) is 23.8 Å². The third kappa shape index (κ3) is 9.32. The summed E-state index contributed by atoms with van der Waals surface area (Å²) in [7, 11) is 3.32. The van der Waals surface area contributed by atoms with E-state index in [0.29, 0.717) is 29.0 Å². The third-order valence-electron chi connectivity index (χ3n) is 17.3. The van der Waals surface area contributed by atoms with E-state index in [1.165, 1.54) is 38.5 Å². The fourth-order valence-corrected chi connectivity index (χ4v) is 14.3. The molecule has 5 fully saturated rings. The Labute approximate surface area is 456 Å². The van der Waals surface area contributed by atoms with Crippen LogP contribution in [0.1, 0.15) is 97.4 Å². The van der Waals surface area contributed by atoms with Crippen molar-refractivity contribution in [2.45, 2.75) is 86.9 Å². The zero-order valence-electron chi connectivity index (χ0n) is 43.5. The molecule has 1 saturated heterocycles. The average Bonchev–Trinajstić information content (AvgIpc) is 4.11. The Bertz CT molecular complexity index is 3270. The maximum atomic E-state index is 14.2. The van der Waals surface area contributed by atoms with Crippen molar-refractivity contribution in [1.82, 2.24) is 14.5 Å². The summed E-state index contributed by atoms with van der Waals surface area (Å²) in [5.41, 5.74) is 2.43. The van der Waals surface area contributed by atoms with E-state index in [9.17, 15) is 4.79 Å². The number of halogens is 1. The zero-order chi connectivity index (χ0) is 52.6. The van der Waals surface area contributed by atoms with E-state index in [2.05, 4.69) is 71.9 Å². The van der Waals surface area contributed by atoms with Crippen LogP contribution in [0.25, 0.3) is 11.0 Å². The first kappa shape index (κ1) is 50.4. The molecule has 1 N–H and O–H groups in total. The van der Waals surface area contributed by atoms with Crippen LogP contribution in [0.15, 0.2) is 182 Å². The van der Waals surface area contributed by atoms with Gasteiger partial charge < -0.3 is 33.6 Å². The SMILES string of the molecule is C#C[C@]1(COC(=O)CCC23CC4CC(CC(C4)C2)C3)O[C@@H](n2ccc3c(NC(c4ccccc4)(c4ccccc4)c4ccc(OC)cc4)nc(Cl)nc32)C[C@@H]1OC(c1ccccc1)(c1ccccc1)c1ccc(OC)cc1. The minimum Gasteiger partial charge on any atom is -0.497 e. The molecule has 0 spiro atoms. The number of rotatable bonds is 18. The number of aromatic nitrogens is 3. The molecule has 3 heterocycles. The van der Waals surface area contributed by atoms with Crippen molar-refractivity contribution in [3.05, 3.63) is 221 Å². The second kappa shape index (κ2) is 20.8. The van der Waals surface area contributed by atoms with Gasteiger partial charge in [-0.3, -0.25) is 4.79 Å². The molecule has 77 heavy (non-hydrogen) atoms. The number of methoxy groups -OCH3 is 2. The number of carbonyl (C=O) groups is 1. The zero-order valence-corrected chi connectivity index (χ0v) is 44.3. The minimum atomic E-state index is -1.57. The van der Waals surface area contributed by atoms with Crippen LogP contribution in [0.4, 0.5) is 5.82 Å². The fourth-order valence-electron chi connectivity index (χ4n) is 14.1. The summed E-state index contributed by atoms with van der Waals surface area (Å²) in [6.07, 6.45) is 16.1. The van der Waals surface area contributed by atoms with Crippen molar-refractivity contribution >= 4 is 34.4 Å². The van der Waals surface area contributed by atoms with Gasteiger partial charge in [-0.2, -0.15) is 4.98 Å². The molecule has 6 aromatic carbocycles. The normalized spacial score (nSPS) is 23.6. The molecule has 0 unspecified atom stereocenters. The van der Waals surface area contributed by atoms with E-state index in [4.69, 9.17) is 51.7 Å². The largest absolute Gasteiger partial charge is 0.497 e. The van der Waals surface area contributed by atoms with E-state index in [0.717, 1.165) is 63.3 Å². The molecule has 3 atom stereocenters. The van der Waals surface area contributed by atoms with Gasteiger partial charge in [0.05, 0.1) is 19.6 Å². The quantitative estimate of drug-likeness (QED) is 0.0389. The van der Waals surface area contributed by atoms with E-state index in [1.54, 1.807) is 14.2 Å². The number of nitrogens with one attached hydrogen (secondary N) is 1. The summed E-state index contributed by atoms with van der Waals surface area (Å²) < 4.78 is 34.7. The first-order valence-electron chi connectivity index (χ1n) is 27.0. The predicted octanol–water partition coefficient (Wildman–Crippen LogP) is 13.7. The van der Waals surface area contributed by atoms with Crippen LogP contribution in [-0.2, 0) is 30.1 Å². The summed E-state index contributed by atoms with van der Waals surface area (Å²) in [4.78, 5) is 24.1. The molecule has 4 bridgehead atoms. The lowest BCUT2D eigenvalue weighted by Crippen LogP contribution is -2.49. The van der Waals surface area contributed by atoms with E-state index in [1.807, 2.05) is 126 Å². The van der Waals surface area contributed by atoms with Crippen LogP contribution in [-0.4, -0.2) is 53.0 Å². The van der Waals surface area contributed by atoms with Crippen molar-refractivity contribution in [2.75, 3.05) is 26.1 Å². The fraction of sp³-hybridized carbons (Fsp3) is 0.318. The first-order valence-corrected chi connectivity index (χ1v) is 27.3. The molecule has 10 nitrogen and oxygen atoms in total. The Hall–Kier alpha value is -7.42. The van der Waals surface area contributed by atoms with E-state index >= 15 is 0 Å². The van der Waals surface area contributed by atoms with Crippen LogP contribution < -0.4 is 14.8 Å². The Morgan fingerprint density at radius 2 is 1.16 bits per heavy atom. The van der Waals surface area contributed by atoms with Crippen molar-refractivity contribution in [3.63, 3.8) is 0 Å². The average molecular weight is 1040 g/mol. The number of esters is 1. The number of terminal acetylenes is 1. The van der Waals surface area contributed by atoms with E-state index in [-0.39, 0.29) is 29.7 Å². The van der Waals surface area contributed by atoms with Gasteiger partial charge >= 0.3 is 5.97 Å². The molecule has 13 rings (SSSR count). The lowest BCUT2D eigenvalue weighted by Gasteiger charge is -2.57. The highest BCUT2D eigenvalue weighted by Gasteiger charge is 2.56. The molecule has 0 radical (unpaired) electrons. The summed E-state index contributed by atoms with van der Waals surface area (Å²) in [6, 6.07) is 58.8. The molecule has 8 aromatic rings. The van der Waals surface area contributed by atoms with Crippen LogP contribution in [0.3, 0.4) is 0 Å². The van der Waals surface area contributed by atoms with Gasteiger partial charge in [-0.05, 0) is 143 Å². The van der Waals surface area contributed by atoms with Crippen LogP contribution in [0, 0.1) is 35.5 Å². The standard InChI is InChI=1S/C66H63ClN4O6/c1-4-64(44-75-59(72)33-35-63-41-45-37-46(42-63)39-47(38-45)43-63)57(76-66(51-21-13-7-14-22-51,52-23-15-8-16-24-52)53-27-31-55(74-3)32-28-53)40-58(77-64)71-36-34-56-60(68-62(67)69-61(56)71)70-65(48-17-9-5-10-18-48,49-19-11-6-12-20-49)50-25-29-54(73-2)30-26-50/h1,5-32,34,36,45-47,57-58H,33,35,37-44H2,2-3H3,(H,68,69,70)/t45?,46?,47?,57-,58+,63?,64+/m0/s1. The highest BCUT2D eigenvalue weighted by atomic mass is 35.5. The van der Waals surface area contributed by atoms with Gasteiger partial charge in [-0.15, -0.1) is 6.42 Å². The highest BCUT2D eigenvalue weighted by Crippen LogP contribution is 2.62. The second-order valence-electron chi connectivity index (χ2n) is 21.8. The van der Waals surface area contributed by atoms with Gasteiger partial charge in [0.2, 0.25) is 5.28 Å². The van der Waals surface area contributed by atoms with Gasteiger partial charge in [-0.1, -0.05) is 152 Å². The molecule has 2 aromatic heterocycles. The molecular formula is C66H63ClN4O6. The number of nitrogens with zero attached hydrogens (tertiary/aromatic N) is 3. The number of fused-ring (bicyclic) bond motifs is 1. The lowest BCUT2D eigenvalue weighted by atomic mass is 9.48.